The van der Waals surface area contributed by atoms with Gasteiger partial charge < -0.3 is 15.8 Å². The van der Waals surface area contributed by atoms with Crippen LogP contribution >= 0.6 is 0 Å². The van der Waals surface area contributed by atoms with Gasteiger partial charge in [0, 0.05) is 13.7 Å². The summed E-state index contributed by atoms with van der Waals surface area (Å²) in [6.45, 7) is 7.81. The molecule has 1 heterocycles. The van der Waals surface area contributed by atoms with Crippen LogP contribution in [0.25, 0.3) is 0 Å². The highest BCUT2D eigenvalue weighted by Gasteiger charge is 2.16. The monoisotopic (exact) mass is 254 g/mol. The fourth-order valence-corrected chi connectivity index (χ4v) is 2.06. The van der Waals surface area contributed by atoms with Gasteiger partial charge in [0.05, 0.1) is 24.0 Å². The zero-order chi connectivity index (χ0) is 13.5. The molecule has 0 spiro atoms. The molecular weight excluding hydrogens is 228 g/mol. The molecule has 1 aromatic rings. The molecular formula is C13H26N4O. The zero-order valence-corrected chi connectivity index (χ0v) is 12.0. The van der Waals surface area contributed by atoms with Crippen molar-refractivity contribution in [2.24, 2.45) is 0 Å². The highest BCUT2D eigenvalue weighted by molar-refractivity contribution is 5.65. The van der Waals surface area contributed by atoms with Crippen LogP contribution in [0, 0.1) is 6.92 Å². The molecule has 0 saturated heterocycles. The lowest BCUT2D eigenvalue weighted by molar-refractivity contribution is 0.182. The Kier molecular flexibility index (Phi) is 5.98. The lowest BCUT2D eigenvalue weighted by Gasteiger charge is -2.19. The van der Waals surface area contributed by atoms with Crippen LogP contribution in [0.4, 0.5) is 11.5 Å². The van der Waals surface area contributed by atoms with E-state index in [1.807, 2.05) is 11.6 Å². The molecule has 1 rings (SSSR count). The van der Waals surface area contributed by atoms with E-state index in [-0.39, 0.29) is 6.04 Å². The van der Waals surface area contributed by atoms with E-state index in [1.54, 1.807) is 7.11 Å². The second-order valence-corrected chi connectivity index (χ2v) is 4.66. The molecule has 3 N–H and O–H groups in total. The lowest BCUT2D eigenvalue weighted by Crippen LogP contribution is -2.26. The smallest absolute Gasteiger partial charge is 0.148 e. The maximum absolute atomic E-state index is 6.09. The zero-order valence-electron chi connectivity index (χ0n) is 12.0. The summed E-state index contributed by atoms with van der Waals surface area (Å²) >= 11 is 0. The Morgan fingerprint density at radius 3 is 2.67 bits per heavy atom. The van der Waals surface area contributed by atoms with Crippen LogP contribution in [0.3, 0.4) is 0 Å². The van der Waals surface area contributed by atoms with Gasteiger partial charge in [0.2, 0.25) is 0 Å². The summed E-state index contributed by atoms with van der Waals surface area (Å²) in [7, 11) is 1.72. The van der Waals surface area contributed by atoms with Crippen molar-refractivity contribution in [3.63, 3.8) is 0 Å². The quantitative estimate of drug-likeness (QED) is 0.747. The molecule has 0 bridgehead atoms. The summed E-state index contributed by atoms with van der Waals surface area (Å²) in [5.41, 5.74) is 7.73. The van der Waals surface area contributed by atoms with Crippen molar-refractivity contribution in [3.05, 3.63) is 5.69 Å². The number of nitrogen functional groups attached to an aromatic ring is 1. The number of methoxy groups -OCH3 is 1. The van der Waals surface area contributed by atoms with Crippen LogP contribution in [0.2, 0.25) is 0 Å². The van der Waals surface area contributed by atoms with E-state index in [9.17, 15) is 0 Å². The normalized spacial score (nSPS) is 12.7. The van der Waals surface area contributed by atoms with Crippen molar-refractivity contribution in [2.75, 3.05) is 24.8 Å². The standard InChI is InChI=1S/C13H26N4O/c1-5-7-11(9-18-4)15-13-12(14)10(3)16-17(13)8-6-2/h11,15H,5-9,14H2,1-4H3. The summed E-state index contributed by atoms with van der Waals surface area (Å²) in [4.78, 5) is 0. The van der Waals surface area contributed by atoms with Gasteiger partial charge in [0.15, 0.2) is 0 Å². The number of nitrogens with one attached hydrogen (secondary N) is 1. The maximum atomic E-state index is 6.09. The second-order valence-electron chi connectivity index (χ2n) is 4.66. The summed E-state index contributed by atoms with van der Waals surface area (Å²) < 4.78 is 7.20. The number of aryl methyl sites for hydroxylation is 2. The van der Waals surface area contributed by atoms with Crippen LogP contribution in [0.5, 0.6) is 0 Å². The number of ether oxygens (including phenoxy) is 1. The Balaban J connectivity index is 2.85. The highest BCUT2D eigenvalue weighted by Crippen LogP contribution is 2.24. The SMILES string of the molecule is CCCC(COC)Nc1c(N)c(C)nn1CCC. The van der Waals surface area contributed by atoms with Crippen molar-refractivity contribution in [1.82, 2.24) is 9.78 Å². The largest absolute Gasteiger partial charge is 0.394 e. The average molecular weight is 254 g/mol. The number of hydrogen-bond acceptors (Lipinski definition) is 4. The van der Waals surface area contributed by atoms with Crippen LogP contribution in [0.15, 0.2) is 0 Å². The minimum atomic E-state index is 0.286. The van der Waals surface area contributed by atoms with Crippen LogP contribution in [-0.4, -0.2) is 29.5 Å². The van der Waals surface area contributed by atoms with Gasteiger partial charge in [0.1, 0.15) is 5.82 Å². The molecule has 0 aromatic carbocycles. The van der Waals surface area contributed by atoms with Crippen LogP contribution in [0.1, 0.15) is 38.8 Å². The first-order valence-electron chi connectivity index (χ1n) is 6.72. The van der Waals surface area contributed by atoms with Gasteiger partial charge in [-0.2, -0.15) is 5.10 Å². The Morgan fingerprint density at radius 1 is 1.39 bits per heavy atom. The van der Waals surface area contributed by atoms with Crippen LogP contribution < -0.4 is 11.1 Å². The first kappa shape index (κ1) is 14.8. The highest BCUT2D eigenvalue weighted by atomic mass is 16.5. The van der Waals surface area contributed by atoms with Gasteiger partial charge in [-0.25, -0.2) is 4.68 Å². The number of anilines is 2. The molecule has 0 radical (unpaired) electrons. The summed E-state index contributed by atoms with van der Waals surface area (Å²) in [5, 5.41) is 7.94. The molecule has 5 nitrogen and oxygen atoms in total. The topological polar surface area (TPSA) is 65.1 Å². The van der Waals surface area contributed by atoms with E-state index in [0.29, 0.717) is 6.61 Å². The summed E-state index contributed by atoms with van der Waals surface area (Å²) in [5.74, 6) is 0.935. The third-order valence-electron chi connectivity index (χ3n) is 2.95. The molecule has 18 heavy (non-hydrogen) atoms. The van der Waals surface area contributed by atoms with Crippen molar-refractivity contribution >= 4 is 11.5 Å². The number of rotatable bonds is 8. The lowest BCUT2D eigenvalue weighted by atomic mass is 10.2. The van der Waals surface area contributed by atoms with Crippen LogP contribution in [-0.2, 0) is 11.3 Å². The molecule has 1 aromatic heterocycles. The molecule has 5 heteroatoms. The van der Waals surface area contributed by atoms with Gasteiger partial charge in [0.25, 0.3) is 0 Å². The van der Waals surface area contributed by atoms with Crippen molar-refractivity contribution in [3.8, 4) is 0 Å². The molecule has 104 valence electrons. The Bertz CT molecular complexity index is 356. The number of nitrogens with two attached hydrogens (primary N) is 1. The Morgan fingerprint density at radius 2 is 2.11 bits per heavy atom. The number of nitrogens with zero attached hydrogens (tertiary/aromatic N) is 2. The minimum Gasteiger partial charge on any atom is -0.394 e. The van der Waals surface area contributed by atoms with Crippen molar-refractivity contribution in [1.29, 1.82) is 0 Å². The molecule has 0 saturated carbocycles. The minimum absolute atomic E-state index is 0.286. The Hall–Kier alpha value is -1.23. The van der Waals surface area contributed by atoms with Gasteiger partial charge in [-0.05, 0) is 19.8 Å². The Labute approximate surface area is 110 Å². The van der Waals surface area contributed by atoms with E-state index in [2.05, 4.69) is 24.3 Å². The first-order valence-corrected chi connectivity index (χ1v) is 6.72. The second kappa shape index (κ2) is 7.26. The van der Waals surface area contributed by atoms with E-state index >= 15 is 0 Å². The number of hydrogen-bond donors (Lipinski definition) is 2. The van der Waals surface area contributed by atoms with Crippen molar-refractivity contribution < 1.29 is 4.74 Å². The molecule has 0 aliphatic carbocycles. The summed E-state index contributed by atoms with van der Waals surface area (Å²) in [6.07, 6.45) is 3.21. The molecule has 0 aliphatic rings. The fraction of sp³-hybridized carbons (Fsp3) is 0.769. The molecule has 0 aliphatic heterocycles. The van der Waals surface area contributed by atoms with E-state index in [1.165, 1.54) is 0 Å². The molecule has 0 amide bonds. The van der Waals surface area contributed by atoms with E-state index in [4.69, 9.17) is 10.5 Å². The average Bonchev–Trinajstić information content (AvgIpc) is 2.58. The molecule has 1 atom stereocenters. The fourth-order valence-electron chi connectivity index (χ4n) is 2.06. The van der Waals surface area contributed by atoms with Gasteiger partial charge in [-0.1, -0.05) is 20.3 Å². The molecule has 0 fully saturated rings. The first-order chi connectivity index (χ1) is 8.63. The molecule has 1 unspecified atom stereocenters. The van der Waals surface area contributed by atoms with Gasteiger partial charge >= 0.3 is 0 Å². The van der Waals surface area contributed by atoms with E-state index in [0.717, 1.165) is 43.0 Å². The van der Waals surface area contributed by atoms with E-state index < -0.39 is 0 Å². The predicted octanol–water partition coefficient (Wildman–Crippen LogP) is 2.41. The number of aromatic nitrogens is 2. The third kappa shape index (κ3) is 3.63. The maximum Gasteiger partial charge on any atom is 0.148 e. The summed E-state index contributed by atoms with van der Waals surface area (Å²) in [6, 6.07) is 0.286. The van der Waals surface area contributed by atoms with Crippen molar-refractivity contribution in [2.45, 2.75) is 52.6 Å². The van der Waals surface area contributed by atoms with Gasteiger partial charge in [-0.3, -0.25) is 0 Å². The third-order valence-corrected chi connectivity index (χ3v) is 2.95. The predicted molar refractivity (Wildman–Crippen MR) is 75.9 cm³/mol. The van der Waals surface area contributed by atoms with Gasteiger partial charge in [-0.15, -0.1) is 0 Å².